The summed E-state index contributed by atoms with van der Waals surface area (Å²) in [5, 5.41) is 9.23. The minimum atomic E-state index is -3.22. The molecule has 1 aromatic rings. The average Bonchev–Trinajstić information content (AvgIpc) is 2.40. The van der Waals surface area contributed by atoms with E-state index in [4.69, 9.17) is 4.74 Å². The Morgan fingerprint density at radius 3 is 2.85 bits per heavy atom. The molecule has 2 rings (SSSR count). The van der Waals surface area contributed by atoms with E-state index < -0.39 is 21.7 Å². The van der Waals surface area contributed by atoms with E-state index in [9.17, 15) is 18.3 Å². The Bertz CT molecular complexity index is 593. The zero-order valence-corrected chi connectivity index (χ0v) is 12.1. The lowest BCUT2D eigenvalue weighted by Gasteiger charge is -2.28. The second-order valence-electron chi connectivity index (χ2n) is 5.16. The summed E-state index contributed by atoms with van der Waals surface area (Å²) >= 11 is 0. The highest BCUT2D eigenvalue weighted by Gasteiger charge is 2.37. The van der Waals surface area contributed by atoms with E-state index in [1.165, 1.54) is 0 Å². The molecule has 0 aromatic heterocycles. The fraction of sp³-hybridized carbons (Fsp3) is 0.500. The normalized spacial score (nSPS) is 25.1. The zero-order valence-electron chi connectivity index (χ0n) is 11.3. The van der Waals surface area contributed by atoms with Crippen LogP contribution in [0.2, 0.25) is 0 Å². The molecular formula is C14H18O5S. The van der Waals surface area contributed by atoms with Gasteiger partial charge in [-0.15, -0.1) is 0 Å². The summed E-state index contributed by atoms with van der Waals surface area (Å²) in [5.41, 5.74) is 0.972. The van der Waals surface area contributed by atoms with E-state index in [1.54, 1.807) is 7.11 Å². The number of carboxylic acids is 1. The third kappa shape index (κ3) is 3.50. The number of aliphatic carboxylic acids is 1. The van der Waals surface area contributed by atoms with Gasteiger partial charge in [-0.25, -0.2) is 8.42 Å². The highest BCUT2D eigenvalue weighted by molar-refractivity contribution is 7.91. The van der Waals surface area contributed by atoms with Gasteiger partial charge in [0.05, 0.1) is 24.5 Å². The van der Waals surface area contributed by atoms with Crippen LogP contribution in [0, 0.1) is 11.8 Å². The van der Waals surface area contributed by atoms with Gasteiger partial charge in [0, 0.05) is 0 Å². The Balaban J connectivity index is 2.16. The predicted octanol–water partition coefficient (Wildman–Crippen LogP) is 1.37. The van der Waals surface area contributed by atoms with Crippen molar-refractivity contribution in [3.05, 3.63) is 29.8 Å². The molecule has 1 N–H and O–H groups in total. The molecule has 5 nitrogen and oxygen atoms in total. The van der Waals surface area contributed by atoms with Crippen LogP contribution >= 0.6 is 0 Å². The van der Waals surface area contributed by atoms with E-state index in [0.29, 0.717) is 12.8 Å². The Kier molecular flexibility index (Phi) is 4.32. The van der Waals surface area contributed by atoms with Crippen LogP contribution in [0.4, 0.5) is 0 Å². The van der Waals surface area contributed by atoms with Gasteiger partial charge in [0.25, 0.3) is 0 Å². The maximum atomic E-state index is 11.6. The van der Waals surface area contributed by atoms with Crippen molar-refractivity contribution in [3.63, 3.8) is 0 Å². The number of sulfone groups is 1. The Morgan fingerprint density at radius 1 is 1.45 bits per heavy atom. The Hall–Kier alpha value is -1.56. The van der Waals surface area contributed by atoms with E-state index in [1.807, 2.05) is 24.3 Å². The standard InChI is InChI=1S/C14H18O5S/c1-19-12-4-2-3-10(8-12)7-11-5-6-20(17,18)9-13(11)14(15)16/h2-4,8,11,13H,5-7,9H2,1H3,(H,15,16). The number of ether oxygens (including phenoxy) is 1. The third-order valence-corrected chi connectivity index (χ3v) is 5.48. The summed E-state index contributed by atoms with van der Waals surface area (Å²) in [5.74, 6) is -1.45. The summed E-state index contributed by atoms with van der Waals surface area (Å²) in [6, 6.07) is 7.44. The molecule has 20 heavy (non-hydrogen) atoms. The number of methoxy groups -OCH3 is 1. The fourth-order valence-corrected chi connectivity index (χ4v) is 4.43. The monoisotopic (exact) mass is 298 g/mol. The molecule has 0 amide bonds. The SMILES string of the molecule is COc1cccc(CC2CCS(=O)(=O)CC2C(=O)O)c1. The summed E-state index contributed by atoms with van der Waals surface area (Å²) < 4.78 is 28.3. The van der Waals surface area contributed by atoms with Gasteiger partial charge in [-0.1, -0.05) is 12.1 Å². The lowest BCUT2D eigenvalue weighted by molar-refractivity contribution is -0.143. The summed E-state index contributed by atoms with van der Waals surface area (Å²) in [4.78, 5) is 11.3. The molecule has 2 atom stereocenters. The molecular weight excluding hydrogens is 280 g/mol. The minimum absolute atomic E-state index is 0.0748. The fourth-order valence-electron chi connectivity index (χ4n) is 2.64. The van der Waals surface area contributed by atoms with E-state index in [2.05, 4.69) is 0 Å². The first-order valence-electron chi connectivity index (χ1n) is 6.47. The quantitative estimate of drug-likeness (QED) is 0.908. The molecule has 1 saturated heterocycles. The molecule has 1 aliphatic rings. The number of carboxylic acid groups (broad SMARTS) is 1. The first-order valence-corrected chi connectivity index (χ1v) is 8.29. The molecule has 0 radical (unpaired) electrons. The smallest absolute Gasteiger partial charge is 0.307 e. The van der Waals surface area contributed by atoms with Crippen LogP contribution in [0.1, 0.15) is 12.0 Å². The third-order valence-electron chi connectivity index (χ3n) is 3.75. The second-order valence-corrected chi connectivity index (χ2v) is 7.39. The summed E-state index contributed by atoms with van der Waals surface area (Å²) in [6.45, 7) is 0. The van der Waals surface area contributed by atoms with Crippen LogP contribution in [-0.4, -0.2) is 38.1 Å². The molecule has 0 aliphatic carbocycles. The molecule has 110 valence electrons. The number of carbonyl (C=O) groups is 1. The molecule has 1 aromatic carbocycles. The van der Waals surface area contributed by atoms with Crippen molar-refractivity contribution in [2.45, 2.75) is 12.8 Å². The van der Waals surface area contributed by atoms with Gasteiger partial charge in [-0.2, -0.15) is 0 Å². The van der Waals surface area contributed by atoms with Gasteiger partial charge in [0.1, 0.15) is 5.75 Å². The maximum absolute atomic E-state index is 11.6. The topological polar surface area (TPSA) is 80.7 Å². The van der Waals surface area contributed by atoms with Crippen LogP contribution < -0.4 is 4.74 Å². The van der Waals surface area contributed by atoms with Gasteiger partial charge < -0.3 is 9.84 Å². The lowest BCUT2D eigenvalue weighted by Crippen LogP contribution is -2.38. The lowest BCUT2D eigenvalue weighted by atomic mass is 9.85. The molecule has 0 spiro atoms. The highest BCUT2D eigenvalue weighted by atomic mass is 32.2. The second kappa shape index (κ2) is 5.83. The Morgan fingerprint density at radius 2 is 2.20 bits per heavy atom. The van der Waals surface area contributed by atoms with Crippen molar-refractivity contribution in [2.24, 2.45) is 11.8 Å². The summed E-state index contributed by atoms with van der Waals surface area (Å²) in [6.07, 6.45) is 0.959. The van der Waals surface area contributed by atoms with Crippen molar-refractivity contribution in [1.29, 1.82) is 0 Å². The van der Waals surface area contributed by atoms with Crippen LogP contribution in [0.15, 0.2) is 24.3 Å². The largest absolute Gasteiger partial charge is 0.497 e. The van der Waals surface area contributed by atoms with E-state index in [0.717, 1.165) is 11.3 Å². The van der Waals surface area contributed by atoms with E-state index >= 15 is 0 Å². The number of benzene rings is 1. The van der Waals surface area contributed by atoms with Crippen LogP contribution in [-0.2, 0) is 21.1 Å². The van der Waals surface area contributed by atoms with Gasteiger partial charge in [-0.3, -0.25) is 4.79 Å². The highest BCUT2D eigenvalue weighted by Crippen LogP contribution is 2.29. The molecule has 1 aliphatic heterocycles. The minimum Gasteiger partial charge on any atom is -0.497 e. The van der Waals surface area contributed by atoms with Crippen LogP contribution in [0.3, 0.4) is 0 Å². The van der Waals surface area contributed by atoms with Crippen LogP contribution in [0.5, 0.6) is 5.75 Å². The van der Waals surface area contributed by atoms with E-state index in [-0.39, 0.29) is 17.4 Å². The summed E-state index contributed by atoms with van der Waals surface area (Å²) in [7, 11) is -1.64. The van der Waals surface area contributed by atoms with Gasteiger partial charge in [0.2, 0.25) is 0 Å². The molecule has 0 saturated carbocycles. The average molecular weight is 298 g/mol. The van der Waals surface area contributed by atoms with Crippen molar-refractivity contribution in [1.82, 2.24) is 0 Å². The van der Waals surface area contributed by atoms with Crippen LogP contribution in [0.25, 0.3) is 0 Å². The van der Waals surface area contributed by atoms with Crippen molar-refractivity contribution in [2.75, 3.05) is 18.6 Å². The molecule has 1 fully saturated rings. The van der Waals surface area contributed by atoms with Crippen molar-refractivity contribution >= 4 is 15.8 Å². The van der Waals surface area contributed by atoms with Crippen molar-refractivity contribution in [3.8, 4) is 5.75 Å². The molecule has 1 heterocycles. The Labute approximate surface area is 118 Å². The number of hydrogen-bond acceptors (Lipinski definition) is 4. The number of rotatable bonds is 4. The predicted molar refractivity (Wildman–Crippen MR) is 74.6 cm³/mol. The molecule has 0 bridgehead atoms. The van der Waals surface area contributed by atoms with Gasteiger partial charge in [-0.05, 0) is 36.5 Å². The first kappa shape index (κ1) is 14.8. The molecule has 2 unspecified atom stereocenters. The van der Waals surface area contributed by atoms with Crippen molar-refractivity contribution < 1.29 is 23.1 Å². The maximum Gasteiger partial charge on any atom is 0.307 e. The molecule has 6 heteroatoms. The number of hydrogen-bond donors (Lipinski definition) is 1. The van der Waals surface area contributed by atoms with Gasteiger partial charge in [0.15, 0.2) is 9.84 Å². The van der Waals surface area contributed by atoms with Gasteiger partial charge >= 0.3 is 5.97 Å². The first-order chi connectivity index (χ1) is 9.41. The zero-order chi connectivity index (χ0) is 14.8.